The van der Waals surface area contributed by atoms with E-state index in [-0.39, 0.29) is 23.4 Å². The highest BCUT2D eigenvalue weighted by atomic mass is 19.1. The van der Waals surface area contributed by atoms with E-state index in [0.29, 0.717) is 18.5 Å². The molecule has 0 saturated carbocycles. The van der Waals surface area contributed by atoms with E-state index in [1.54, 1.807) is 0 Å². The molecule has 0 spiro atoms. The Morgan fingerprint density at radius 3 is 3.05 bits per heavy atom. The molecule has 7 heteroatoms. The molecule has 1 saturated heterocycles. The van der Waals surface area contributed by atoms with Crippen LogP contribution in [-0.4, -0.2) is 29.7 Å². The van der Waals surface area contributed by atoms with Crippen molar-refractivity contribution in [2.24, 2.45) is 10.9 Å². The number of rotatable bonds is 5. The molecule has 1 aliphatic heterocycles. The predicted octanol–water partition coefficient (Wildman–Crippen LogP) is 1.82. The van der Waals surface area contributed by atoms with Crippen LogP contribution in [0.3, 0.4) is 0 Å². The molecular formula is C14H18FN3O3. The lowest BCUT2D eigenvalue weighted by Crippen LogP contribution is -2.20. The first kappa shape index (κ1) is 15.2. The minimum Gasteiger partial charge on any atom is -0.409 e. The molecule has 4 N–H and O–H groups in total. The van der Waals surface area contributed by atoms with Crippen LogP contribution in [0.4, 0.5) is 10.1 Å². The number of halogens is 1. The van der Waals surface area contributed by atoms with Gasteiger partial charge in [-0.05, 0) is 37.5 Å². The van der Waals surface area contributed by atoms with Crippen LogP contribution in [0, 0.1) is 5.82 Å². The molecular weight excluding hydrogens is 277 g/mol. The first-order valence-electron chi connectivity index (χ1n) is 6.79. The molecule has 1 aromatic rings. The molecule has 0 bridgehead atoms. The smallest absolute Gasteiger partial charge is 0.224 e. The third kappa shape index (κ3) is 4.16. The van der Waals surface area contributed by atoms with Crippen molar-refractivity contribution >= 4 is 17.4 Å². The minimum atomic E-state index is -0.533. The van der Waals surface area contributed by atoms with Gasteiger partial charge in [0.25, 0.3) is 0 Å². The Kier molecular flexibility index (Phi) is 5.10. The second-order valence-corrected chi connectivity index (χ2v) is 4.90. The number of amidine groups is 1. The molecule has 2 rings (SSSR count). The summed E-state index contributed by atoms with van der Waals surface area (Å²) in [5.41, 5.74) is 5.93. The first-order chi connectivity index (χ1) is 10.1. The van der Waals surface area contributed by atoms with E-state index in [9.17, 15) is 9.18 Å². The van der Waals surface area contributed by atoms with E-state index in [2.05, 4.69) is 10.5 Å². The fourth-order valence-electron chi connectivity index (χ4n) is 2.27. The largest absolute Gasteiger partial charge is 0.409 e. The van der Waals surface area contributed by atoms with E-state index in [0.717, 1.165) is 25.5 Å². The van der Waals surface area contributed by atoms with E-state index in [1.807, 2.05) is 0 Å². The van der Waals surface area contributed by atoms with Gasteiger partial charge in [-0.3, -0.25) is 4.79 Å². The Morgan fingerprint density at radius 1 is 1.57 bits per heavy atom. The molecule has 0 radical (unpaired) electrons. The highest BCUT2D eigenvalue weighted by Gasteiger charge is 2.17. The SMILES string of the molecule is N/C(=N/O)c1cc(F)ccc1NC(=O)CCC1CCCO1. The molecule has 6 nitrogen and oxygen atoms in total. The van der Waals surface area contributed by atoms with Crippen LogP contribution in [0.25, 0.3) is 0 Å². The lowest BCUT2D eigenvalue weighted by molar-refractivity contribution is -0.116. The van der Waals surface area contributed by atoms with Crippen molar-refractivity contribution in [3.05, 3.63) is 29.6 Å². The molecule has 1 aliphatic rings. The van der Waals surface area contributed by atoms with Crippen LogP contribution in [0.5, 0.6) is 0 Å². The van der Waals surface area contributed by atoms with Crippen molar-refractivity contribution in [3.8, 4) is 0 Å². The van der Waals surface area contributed by atoms with E-state index < -0.39 is 5.82 Å². The summed E-state index contributed by atoms with van der Waals surface area (Å²) >= 11 is 0. The number of benzene rings is 1. The van der Waals surface area contributed by atoms with Crippen molar-refractivity contribution in [2.75, 3.05) is 11.9 Å². The normalized spacial score (nSPS) is 18.7. The quantitative estimate of drug-likeness (QED) is 0.334. The van der Waals surface area contributed by atoms with Gasteiger partial charge in [0.15, 0.2) is 5.84 Å². The number of nitrogens with zero attached hydrogens (tertiary/aromatic N) is 1. The molecule has 1 aromatic carbocycles. The zero-order chi connectivity index (χ0) is 15.2. The summed E-state index contributed by atoms with van der Waals surface area (Å²) in [4.78, 5) is 11.9. The summed E-state index contributed by atoms with van der Waals surface area (Å²) in [6, 6.07) is 3.68. The lowest BCUT2D eigenvalue weighted by atomic mass is 10.1. The summed E-state index contributed by atoms with van der Waals surface area (Å²) < 4.78 is 18.7. The molecule has 1 amide bonds. The fourth-order valence-corrected chi connectivity index (χ4v) is 2.27. The Morgan fingerprint density at radius 2 is 2.38 bits per heavy atom. The van der Waals surface area contributed by atoms with Gasteiger partial charge in [-0.2, -0.15) is 0 Å². The number of anilines is 1. The second kappa shape index (κ2) is 7.03. The molecule has 114 valence electrons. The fraction of sp³-hybridized carbons (Fsp3) is 0.429. The molecule has 0 aromatic heterocycles. The van der Waals surface area contributed by atoms with Crippen molar-refractivity contribution in [2.45, 2.75) is 31.8 Å². The van der Waals surface area contributed by atoms with Crippen molar-refractivity contribution in [1.82, 2.24) is 0 Å². The summed E-state index contributed by atoms with van der Waals surface area (Å²) in [7, 11) is 0. The van der Waals surface area contributed by atoms with Crippen molar-refractivity contribution in [3.63, 3.8) is 0 Å². The molecule has 0 aliphatic carbocycles. The van der Waals surface area contributed by atoms with Crippen molar-refractivity contribution in [1.29, 1.82) is 0 Å². The number of carbonyl (C=O) groups is 1. The topological polar surface area (TPSA) is 96.9 Å². The maximum atomic E-state index is 13.2. The summed E-state index contributed by atoms with van der Waals surface area (Å²) in [5.74, 6) is -1.01. The van der Waals surface area contributed by atoms with Gasteiger partial charge in [0, 0.05) is 18.6 Å². The van der Waals surface area contributed by atoms with Gasteiger partial charge in [0.05, 0.1) is 11.8 Å². The Hall–Kier alpha value is -2.15. The molecule has 1 fully saturated rings. The Labute approximate surface area is 121 Å². The zero-order valence-corrected chi connectivity index (χ0v) is 11.5. The van der Waals surface area contributed by atoms with Gasteiger partial charge in [-0.1, -0.05) is 5.16 Å². The highest BCUT2D eigenvalue weighted by Crippen LogP contribution is 2.19. The van der Waals surface area contributed by atoms with Gasteiger partial charge >= 0.3 is 0 Å². The summed E-state index contributed by atoms with van der Waals surface area (Å²) in [5, 5.41) is 14.2. The Balaban J connectivity index is 1.99. The molecule has 1 atom stereocenters. The average molecular weight is 295 g/mol. The lowest BCUT2D eigenvalue weighted by Gasteiger charge is -2.12. The maximum Gasteiger partial charge on any atom is 0.224 e. The van der Waals surface area contributed by atoms with Crippen LogP contribution in [0.2, 0.25) is 0 Å². The number of amides is 1. The monoisotopic (exact) mass is 295 g/mol. The highest BCUT2D eigenvalue weighted by molar-refractivity contribution is 6.05. The first-order valence-corrected chi connectivity index (χ1v) is 6.79. The van der Waals surface area contributed by atoms with Crippen LogP contribution in [0.1, 0.15) is 31.2 Å². The third-order valence-corrected chi connectivity index (χ3v) is 3.36. The second-order valence-electron chi connectivity index (χ2n) is 4.90. The van der Waals surface area contributed by atoms with Gasteiger partial charge in [-0.25, -0.2) is 4.39 Å². The molecule has 21 heavy (non-hydrogen) atoms. The van der Waals surface area contributed by atoms with E-state index in [4.69, 9.17) is 15.7 Å². The minimum absolute atomic E-state index is 0.132. The third-order valence-electron chi connectivity index (χ3n) is 3.36. The number of carbonyl (C=O) groups excluding carboxylic acids is 1. The van der Waals surface area contributed by atoms with Crippen LogP contribution >= 0.6 is 0 Å². The van der Waals surface area contributed by atoms with Gasteiger partial charge in [-0.15, -0.1) is 0 Å². The van der Waals surface area contributed by atoms with Gasteiger partial charge in [0.2, 0.25) is 5.91 Å². The van der Waals surface area contributed by atoms with Crippen LogP contribution < -0.4 is 11.1 Å². The van der Waals surface area contributed by atoms with Crippen molar-refractivity contribution < 1.29 is 19.1 Å². The number of nitrogens with one attached hydrogen (secondary N) is 1. The Bertz CT molecular complexity index is 542. The van der Waals surface area contributed by atoms with Crippen LogP contribution in [-0.2, 0) is 9.53 Å². The number of nitrogens with two attached hydrogens (primary N) is 1. The standard InChI is InChI=1S/C14H18FN3O3/c15-9-3-5-12(11(8-9)14(16)18-20)17-13(19)6-4-10-2-1-7-21-10/h3,5,8,10,20H,1-2,4,6-7H2,(H2,16,18)(H,17,19). The zero-order valence-electron chi connectivity index (χ0n) is 11.5. The summed E-state index contributed by atoms with van der Waals surface area (Å²) in [6.07, 6.45) is 3.08. The van der Waals surface area contributed by atoms with Gasteiger partial charge < -0.3 is 21.0 Å². The predicted molar refractivity (Wildman–Crippen MR) is 75.7 cm³/mol. The molecule has 1 heterocycles. The maximum absolute atomic E-state index is 13.2. The average Bonchev–Trinajstić information content (AvgIpc) is 2.99. The van der Waals surface area contributed by atoms with Gasteiger partial charge in [0.1, 0.15) is 5.82 Å². The number of hydrogen-bond acceptors (Lipinski definition) is 4. The molecule has 1 unspecified atom stereocenters. The van der Waals surface area contributed by atoms with E-state index in [1.165, 1.54) is 12.1 Å². The summed E-state index contributed by atoms with van der Waals surface area (Å²) in [6.45, 7) is 0.748. The number of hydrogen-bond donors (Lipinski definition) is 3. The van der Waals surface area contributed by atoms with Crippen LogP contribution in [0.15, 0.2) is 23.4 Å². The number of ether oxygens (including phenoxy) is 1. The van der Waals surface area contributed by atoms with E-state index >= 15 is 0 Å². The number of oxime groups is 1.